The van der Waals surface area contributed by atoms with Crippen LogP contribution >= 0.6 is 15.9 Å². The zero-order valence-corrected chi connectivity index (χ0v) is 14.7. The van der Waals surface area contributed by atoms with Crippen LogP contribution in [0, 0.1) is 5.92 Å². The predicted octanol–water partition coefficient (Wildman–Crippen LogP) is 3.48. The second-order valence-electron chi connectivity index (χ2n) is 6.65. The summed E-state index contributed by atoms with van der Waals surface area (Å²) in [7, 11) is 1.99. The highest BCUT2D eigenvalue weighted by Gasteiger charge is 2.48. The number of hydrogen-bond donors (Lipinski definition) is 0. The highest BCUT2D eigenvalue weighted by molar-refractivity contribution is 9.10. The number of hydrogen-bond acceptors (Lipinski definition) is 2. The van der Waals surface area contributed by atoms with Crippen molar-refractivity contribution < 1.29 is 4.79 Å². The van der Waals surface area contributed by atoms with Gasteiger partial charge in [0.1, 0.15) is 5.82 Å². The van der Waals surface area contributed by atoms with Crippen molar-refractivity contribution in [1.29, 1.82) is 0 Å². The molecule has 120 valence electrons. The van der Waals surface area contributed by atoms with E-state index in [9.17, 15) is 4.79 Å². The third kappa shape index (κ3) is 3.07. The lowest BCUT2D eigenvalue weighted by Crippen LogP contribution is -2.35. The van der Waals surface area contributed by atoms with Gasteiger partial charge in [0.15, 0.2) is 0 Å². The normalized spacial score (nSPS) is 22.9. The lowest BCUT2D eigenvalue weighted by Gasteiger charge is -2.22. The second kappa shape index (κ2) is 5.78. The smallest absolute Gasteiger partial charge is 0.226 e. The molecule has 0 bridgehead atoms. The molecule has 0 aliphatic heterocycles. The van der Waals surface area contributed by atoms with Gasteiger partial charge in [0.05, 0.1) is 6.54 Å². The van der Waals surface area contributed by atoms with Crippen LogP contribution in [-0.4, -0.2) is 26.4 Å². The lowest BCUT2D eigenvalue weighted by molar-refractivity contribution is -0.134. The molecule has 0 N–H and O–H groups in total. The van der Waals surface area contributed by atoms with E-state index in [2.05, 4.69) is 50.1 Å². The first-order chi connectivity index (χ1) is 11.1. The Kier molecular flexibility index (Phi) is 3.76. The summed E-state index contributed by atoms with van der Waals surface area (Å²) in [4.78, 5) is 19.4. The molecule has 0 unspecified atom stereocenters. The number of halogens is 1. The molecule has 4 nitrogen and oxygen atoms in total. The van der Waals surface area contributed by atoms with Crippen molar-refractivity contribution in [1.82, 2.24) is 14.5 Å². The number of imidazole rings is 1. The van der Waals surface area contributed by atoms with Crippen LogP contribution in [0.15, 0.2) is 41.1 Å². The van der Waals surface area contributed by atoms with E-state index in [4.69, 9.17) is 0 Å². The third-order valence-corrected chi connectivity index (χ3v) is 5.44. The summed E-state index contributed by atoms with van der Waals surface area (Å²) in [6, 6.07) is 8.79. The van der Waals surface area contributed by atoms with E-state index in [0.717, 1.165) is 29.6 Å². The van der Waals surface area contributed by atoms with E-state index in [1.807, 2.05) is 17.8 Å². The average Bonchev–Trinajstić information content (AvgIpc) is 3.44. The fourth-order valence-electron chi connectivity index (χ4n) is 3.23. The summed E-state index contributed by atoms with van der Waals surface area (Å²) in [5.41, 5.74) is 1.28. The molecule has 1 heterocycles. The average molecular weight is 374 g/mol. The fraction of sp³-hybridized carbons (Fsp3) is 0.444. The summed E-state index contributed by atoms with van der Waals surface area (Å²) in [5, 5.41) is 0. The van der Waals surface area contributed by atoms with E-state index in [1.54, 1.807) is 6.20 Å². The van der Waals surface area contributed by atoms with E-state index in [1.165, 1.54) is 5.56 Å². The summed E-state index contributed by atoms with van der Waals surface area (Å²) >= 11 is 3.47. The lowest BCUT2D eigenvalue weighted by atomic mass is 10.1. The Bertz CT molecular complexity index is 720. The van der Waals surface area contributed by atoms with E-state index >= 15 is 0 Å². The molecule has 2 fully saturated rings. The van der Waals surface area contributed by atoms with Crippen molar-refractivity contribution >= 4 is 21.8 Å². The first-order valence-corrected chi connectivity index (χ1v) is 8.95. The van der Waals surface area contributed by atoms with Gasteiger partial charge in [0.25, 0.3) is 0 Å². The standard InChI is InChI=1S/C18H20BrN3O/c1-21-9-8-20-17(21)11-22(14-6-7-14)18(23)16-10-15(16)12-2-4-13(19)5-3-12/h2-5,8-9,14-16H,6-7,10-11H2,1H3/t15-,16+/m1/s1. The number of carbonyl (C=O) groups excluding carboxylic acids is 1. The van der Waals surface area contributed by atoms with Gasteiger partial charge in [-0.05, 0) is 42.9 Å². The Hall–Kier alpha value is -1.62. The number of amides is 1. The summed E-state index contributed by atoms with van der Waals surface area (Å²) in [6.45, 7) is 0.635. The molecule has 2 aliphatic rings. The quantitative estimate of drug-likeness (QED) is 0.804. The number of carbonyl (C=O) groups is 1. The number of benzene rings is 1. The van der Waals surface area contributed by atoms with Crippen LogP contribution in [0.3, 0.4) is 0 Å². The molecule has 1 amide bonds. The minimum atomic E-state index is 0.150. The fourth-order valence-corrected chi connectivity index (χ4v) is 3.50. The molecule has 0 spiro atoms. The first-order valence-electron chi connectivity index (χ1n) is 8.15. The molecule has 2 atom stereocenters. The molecular formula is C18H20BrN3O. The Labute approximate surface area is 144 Å². The van der Waals surface area contributed by atoms with Gasteiger partial charge in [-0.2, -0.15) is 0 Å². The van der Waals surface area contributed by atoms with E-state index in [0.29, 0.717) is 24.4 Å². The van der Waals surface area contributed by atoms with Crippen LogP contribution < -0.4 is 0 Å². The van der Waals surface area contributed by atoms with Crippen molar-refractivity contribution in [3.05, 3.63) is 52.5 Å². The van der Waals surface area contributed by atoms with Crippen LogP contribution in [0.5, 0.6) is 0 Å². The maximum absolute atomic E-state index is 13.0. The largest absolute Gasteiger partial charge is 0.337 e. The zero-order valence-electron chi connectivity index (χ0n) is 13.2. The molecule has 1 aromatic carbocycles. The van der Waals surface area contributed by atoms with Crippen molar-refractivity contribution in [2.45, 2.75) is 37.8 Å². The maximum Gasteiger partial charge on any atom is 0.226 e. The van der Waals surface area contributed by atoms with E-state index < -0.39 is 0 Å². The molecule has 0 saturated heterocycles. The summed E-state index contributed by atoms with van der Waals surface area (Å²) in [5.74, 6) is 1.81. The molecule has 2 saturated carbocycles. The number of rotatable bonds is 5. The molecule has 0 radical (unpaired) electrons. The van der Waals surface area contributed by atoms with Crippen molar-refractivity contribution in [3.63, 3.8) is 0 Å². The molecule has 5 heteroatoms. The Balaban J connectivity index is 1.47. The zero-order chi connectivity index (χ0) is 16.0. The molecule has 2 aromatic rings. The topological polar surface area (TPSA) is 38.1 Å². The molecular weight excluding hydrogens is 354 g/mol. The number of aryl methyl sites for hydroxylation is 1. The number of aromatic nitrogens is 2. The highest BCUT2D eigenvalue weighted by atomic mass is 79.9. The van der Waals surface area contributed by atoms with Gasteiger partial charge in [-0.1, -0.05) is 28.1 Å². The first kappa shape index (κ1) is 14.9. The van der Waals surface area contributed by atoms with Crippen molar-refractivity contribution in [3.8, 4) is 0 Å². The Morgan fingerprint density at radius 2 is 2.09 bits per heavy atom. The highest BCUT2D eigenvalue weighted by Crippen LogP contribution is 2.49. The van der Waals surface area contributed by atoms with Crippen molar-refractivity contribution in [2.75, 3.05) is 0 Å². The van der Waals surface area contributed by atoms with Crippen LogP contribution in [0.2, 0.25) is 0 Å². The SMILES string of the molecule is Cn1ccnc1CN(C(=O)[C@H]1C[C@@H]1c1ccc(Br)cc1)C1CC1. The summed E-state index contributed by atoms with van der Waals surface area (Å²) in [6.07, 6.45) is 6.97. The van der Waals surface area contributed by atoms with Crippen LogP contribution in [0.25, 0.3) is 0 Å². The minimum Gasteiger partial charge on any atom is -0.337 e. The van der Waals surface area contributed by atoms with Gasteiger partial charge >= 0.3 is 0 Å². The molecule has 4 rings (SSSR count). The molecule has 23 heavy (non-hydrogen) atoms. The maximum atomic E-state index is 13.0. The van der Waals surface area contributed by atoms with Gasteiger partial charge in [0.2, 0.25) is 5.91 Å². The minimum absolute atomic E-state index is 0.150. The summed E-state index contributed by atoms with van der Waals surface area (Å²) < 4.78 is 3.08. The van der Waals surface area contributed by atoms with Gasteiger partial charge in [0, 0.05) is 35.9 Å². The Morgan fingerprint density at radius 1 is 1.35 bits per heavy atom. The van der Waals surface area contributed by atoms with Gasteiger partial charge < -0.3 is 9.47 Å². The third-order valence-electron chi connectivity index (χ3n) is 4.91. The van der Waals surface area contributed by atoms with Gasteiger partial charge in [-0.3, -0.25) is 4.79 Å². The van der Waals surface area contributed by atoms with Gasteiger partial charge in [-0.25, -0.2) is 4.98 Å². The molecule has 1 aromatic heterocycles. The second-order valence-corrected chi connectivity index (χ2v) is 7.57. The van der Waals surface area contributed by atoms with Crippen LogP contribution in [0.4, 0.5) is 0 Å². The van der Waals surface area contributed by atoms with E-state index in [-0.39, 0.29) is 5.92 Å². The monoisotopic (exact) mass is 373 g/mol. The predicted molar refractivity (Wildman–Crippen MR) is 91.8 cm³/mol. The van der Waals surface area contributed by atoms with Crippen molar-refractivity contribution in [2.24, 2.45) is 13.0 Å². The van der Waals surface area contributed by atoms with Crippen LogP contribution in [0.1, 0.15) is 36.6 Å². The van der Waals surface area contributed by atoms with Crippen LogP contribution in [-0.2, 0) is 18.4 Å². The molecule has 2 aliphatic carbocycles. The number of nitrogens with zero attached hydrogens (tertiary/aromatic N) is 3. The Morgan fingerprint density at radius 3 is 2.70 bits per heavy atom. The van der Waals surface area contributed by atoms with Gasteiger partial charge in [-0.15, -0.1) is 0 Å².